The van der Waals surface area contributed by atoms with Crippen molar-refractivity contribution >= 4 is 56.5 Å². The molecule has 1 saturated heterocycles. The van der Waals surface area contributed by atoms with Crippen LogP contribution in [0.5, 0.6) is 11.6 Å². The summed E-state index contributed by atoms with van der Waals surface area (Å²) < 4.78 is 25.1. The van der Waals surface area contributed by atoms with Crippen LogP contribution in [-0.2, 0) is 6.67 Å². The van der Waals surface area contributed by atoms with Gasteiger partial charge in [-0.2, -0.15) is 0 Å². The summed E-state index contributed by atoms with van der Waals surface area (Å²) in [6.45, 7) is 5.66. The lowest BCUT2D eigenvalue weighted by Crippen LogP contribution is -2.52. The van der Waals surface area contributed by atoms with Crippen LogP contribution in [0.1, 0.15) is 41.7 Å². The lowest BCUT2D eigenvalue weighted by atomic mass is 10.1. The van der Waals surface area contributed by atoms with E-state index in [1.165, 1.54) is 13.3 Å². The van der Waals surface area contributed by atoms with Crippen molar-refractivity contribution in [3.05, 3.63) is 57.6 Å². The van der Waals surface area contributed by atoms with Crippen molar-refractivity contribution in [3.63, 3.8) is 0 Å². The highest BCUT2D eigenvalue weighted by atomic mass is 32.1. The third-order valence-electron chi connectivity index (χ3n) is 8.39. The van der Waals surface area contributed by atoms with Gasteiger partial charge in [-0.1, -0.05) is 11.6 Å². The van der Waals surface area contributed by atoms with E-state index < -0.39 is 22.8 Å². The number of hydrogen-bond donors (Lipinski definition) is 3. The lowest BCUT2D eigenvalue weighted by molar-refractivity contribution is 0.0694. The lowest BCUT2D eigenvalue weighted by Gasteiger charge is -2.41. The number of pyridine rings is 1. The second-order valence-electron chi connectivity index (χ2n) is 11.4. The molecule has 6 rings (SSSR count). The van der Waals surface area contributed by atoms with Crippen LogP contribution in [0, 0.1) is 12.7 Å². The SMILES string of the molecule is COc1c(N2CCN(Cn3c(O)c(N=NC(N)=S)c4cc(C)ccc43)C(C)C2)c(F)cc2c(=O)c(C(=O)O)cn(C3CC3)c12. The van der Waals surface area contributed by atoms with Crippen LogP contribution in [0.3, 0.4) is 0 Å². The Bertz CT molecular complexity index is 1930. The second-order valence-corrected chi connectivity index (χ2v) is 11.8. The van der Waals surface area contributed by atoms with Crippen molar-refractivity contribution in [3.8, 4) is 11.6 Å². The number of ether oxygens (including phenoxy) is 1. The minimum atomic E-state index is -1.35. The number of azo groups is 1. The standard InChI is InChI=1S/C30H32FN7O5S/c1-15-4-7-22-18(10-15)23(33-34-30(32)44)28(40)38(22)14-36-9-8-35(12-16(36)2)25-21(31)11-19-24(27(25)43-3)37(17-5-6-17)13-20(26(19)39)29(41)42/h4,7,10-11,13,16-17,40H,5-6,8-9,12,14H2,1-3H3,(H2,32,44)(H,41,42). The highest BCUT2D eigenvalue weighted by Gasteiger charge is 2.34. The van der Waals surface area contributed by atoms with Gasteiger partial charge < -0.3 is 30.2 Å². The van der Waals surface area contributed by atoms with E-state index in [1.807, 2.05) is 36.9 Å². The first-order valence-corrected chi connectivity index (χ1v) is 14.6. The van der Waals surface area contributed by atoms with Crippen LogP contribution in [-0.4, -0.2) is 68.1 Å². The molecule has 4 aromatic rings. The van der Waals surface area contributed by atoms with E-state index in [4.69, 9.17) is 22.7 Å². The van der Waals surface area contributed by atoms with E-state index in [-0.39, 0.29) is 45.6 Å². The molecule has 2 fully saturated rings. The number of aromatic nitrogens is 2. The molecule has 2 aromatic carbocycles. The van der Waals surface area contributed by atoms with Gasteiger partial charge in [0.25, 0.3) is 0 Å². The van der Waals surface area contributed by atoms with Crippen LogP contribution in [0.15, 0.2) is 45.5 Å². The Morgan fingerprint density at radius 3 is 2.61 bits per heavy atom. The fraction of sp³-hybridized carbons (Fsp3) is 0.367. The predicted molar refractivity (Wildman–Crippen MR) is 168 cm³/mol. The summed E-state index contributed by atoms with van der Waals surface area (Å²) in [5.74, 6) is -1.87. The molecule has 2 aliphatic rings. The number of fused-ring (bicyclic) bond motifs is 2. The number of nitrogens with zero attached hydrogens (tertiary/aromatic N) is 6. The van der Waals surface area contributed by atoms with E-state index >= 15 is 4.39 Å². The Morgan fingerprint density at radius 2 is 1.98 bits per heavy atom. The van der Waals surface area contributed by atoms with Crippen molar-refractivity contribution in [2.75, 3.05) is 31.6 Å². The van der Waals surface area contributed by atoms with Gasteiger partial charge in [-0.15, -0.1) is 10.2 Å². The smallest absolute Gasteiger partial charge is 0.341 e. The molecule has 1 unspecified atom stereocenters. The molecule has 3 heterocycles. The van der Waals surface area contributed by atoms with Crippen molar-refractivity contribution in [2.24, 2.45) is 16.0 Å². The van der Waals surface area contributed by atoms with E-state index in [0.717, 1.165) is 30.0 Å². The largest absolute Gasteiger partial charge is 0.493 e. The highest BCUT2D eigenvalue weighted by molar-refractivity contribution is 7.80. The number of piperazine rings is 1. The molecule has 1 aliphatic carbocycles. The molecular weight excluding hydrogens is 589 g/mol. The van der Waals surface area contributed by atoms with Crippen molar-refractivity contribution in [2.45, 2.75) is 45.4 Å². The number of carboxylic acid groups (broad SMARTS) is 1. The first-order valence-electron chi connectivity index (χ1n) is 14.2. The molecule has 12 nitrogen and oxygen atoms in total. The van der Waals surface area contributed by atoms with Gasteiger partial charge in [-0.3, -0.25) is 14.3 Å². The van der Waals surface area contributed by atoms with Crippen LogP contribution in [0.25, 0.3) is 21.8 Å². The fourth-order valence-electron chi connectivity index (χ4n) is 6.09. The number of anilines is 1. The summed E-state index contributed by atoms with van der Waals surface area (Å²) >= 11 is 4.83. The number of nitrogens with two attached hydrogens (primary N) is 1. The minimum absolute atomic E-state index is 0.0110. The van der Waals surface area contributed by atoms with Gasteiger partial charge in [0.1, 0.15) is 11.3 Å². The molecule has 230 valence electrons. The van der Waals surface area contributed by atoms with E-state index in [2.05, 4.69) is 15.1 Å². The Labute approximate surface area is 256 Å². The monoisotopic (exact) mass is 621 g/mol. The van der Waals surface area contributed by atoms with Crippen LogP contribution < -0.4 is 20.8 Å². The van der Waals surface area contributed by atoms with Crippen LogP contribution in [0.4, 0.5) is 15.8 Å². The number of halogens is 1. The maximum atomic E-state index is 15.9. The summed E-state index contributed by atoms with van der Waals surface area (Å²) in [5.41, 5.74) is 7.02. The highest BCUT2D eigenvalue weighted by Crippen LogP contribution is 2.44. The van der Waals surface area contributed by atoms with Gasteiger partial charge in [0.05, 0.1) is 30.2 Å². The first-order chi connectivity index (χ1) is 21.0. The molecule has 0 spiro atoms. The maximum Gasteiger partial charge on any atom is 0.341 e. The number of hydrogen-bond acceptors (Lipinski definition) is 8. The van der Waals surface area contributed by atoms with Gasteiger partial charge >= 0.3 is 5.97 Å². The number of methoxy groups -OCH3 is 1. The number of aromatic hydroxyl groups is 1. The van der Waals surface area contributed by atoms with Gasteiger partial charge in [-0.05, 0) is 57.1 Å². The predicted octanol–water partition coefficient (Wildman–Crippen LogP) is 4.65. The molecule has 2 aromatic heterocycles. The number of aromatic carboxylic acids is 1. The summed E-state index contributed by atoms with van der Waals surface area (Å²) in [4.78, 5) is 28.9. The number of benzene rings is 2. The van der Waals surface area contributed by atoms with Crippen molar-refractivity contribution < 1.29 is 24.1 Å². The third-order valence-corrected chi connectivity index (χ3v) is 8.47. The fourth-order valence-corrected chi connectivity index (χ4v) is 6.13. The number of carbonyl (C=O) groups is 1. The second kappa shape index (κ2) is 11.2. The number of thiocarbonyl (C=S) groups is 1. The number of carboxylic acids is 1. The summed E-state index contributed by atoms with van der Waals surface area (Å²) in [5, 5.41) is 29.2. The maximum absolute atomic E-state index is 15.9. The quantitative estimate of drug-likeness (QED) is 0.198. The molecule has 4 N–H and O–H groups in total. The minimum Gasteiger partial charge on any atom is -0.493 e. The Balaban J connectivity index is 1.34. The van der Waals surface area contributed by atoms with Crippen molar-refractivity contribution in [1.29, 1.82) is 0 Å². The molecule has 0 amide bonds. The molecule has 0 radical (unpaired) electrons. The molecule has 14 heteroatoms. The normalized spacial score (nSPS) is 17.6. The Hall–Kier alpha value is -4.56. The molecule has 1 atom stereocenters. The number of aryl methyl sites for hydroxylation is 1. The first kappa shape index (κ1) is 29.5. The zero-order valence-corrected chi connectivity index (χ0v) is 25.3. The van der Waals surface area contributed by atoms with E-state index in [0.29, 0.717) is 37.2 Å². The van der Waals surface area contributed by atoms with Gasteiger partial charge in [0.2, 0.25) is 16.4 Å². The van der Waals surface area contributed by atoms with E-state index in [1.54, 1.807) is 9.13 Å². The third kappa shape index (κ3) is 5.03. The van der Waals surface area contributed by atoms with Crippen LogP contribution in [0.2, 0.25) is 0 Å². The van der Waals surface area contributed by atoms with Gasteiger partial charge in [0.15, 0.2) is 17.3 Å². The summed E-state index contributed by atoms with van der Waals surface area (Å²) in [7, 11) is 1.43. The Kier molecular flexibility index (Phi) is 7.49. The molecule has 0 bridgehead atoms. The average Bonchev–Trinajstić information content (AvgIpc) is 3.78. The zero-order chi connectivity index (χ0) is 31.4. The molecule has 1 aliphatic heterocycles. The Morgan fingerprint density at radius 1 is 1.23 bits per heavy atom. The number of rotatable bonds is 7. The zero-order valence-electron chi connectivity index (χ0n) is 24.5. The summed E-state index contributed by atoms with van der Waals surface area (Å²) in [6, 6.07) is 6.83. The average molecular weight is 622 g/mol. The van der Waals surface area contributed by atoms with Gasteiger partial charge in [0, 0.05) is 43.3 Å². The molecule has 1 saturated carbocycles. The van der Waals surface area contributed by atoms with E-state index in [9.17, 15) is 19.8 Å². The summed E-state index contributed by atoms with van der Waals surface area (Å²) in [6.07, 6.45) is 3.00. The van der Waals surface area contributed by atoms with Crippen molar-refractivity contribution in [1.82, 2.24) is 14.0 Å². The van der Waals surface area contributed by atoms with Crippen LogP contribution >= 0.6 is 12.2 Å². The topological polar surface area (TPSA) is 151 Å². The molecular formula is C30H32FN7O5S. The molecule has 44 heavy (non-hydrogen) atoms. The van der Waals surface area contributed by atoms with Gasteiger partial charge in [-0.25, -0.2) is 9.18 Å².